The lowest BCUT2D eigenvalue weighted by molar-refractivity contribution is -0.385. The lowest BCUT2D eigenvalue weighted by Crippen LogP contribution is -2.23. The number of nitro benzene ring substituents is 1. The summed E-state index contributed by atoms with van der Waals surface area (Å²) in [5.74, 6) is 0. The van der Waals surface area contributed by atoms with Gasteiger partial charge in [0.15, 0.2) is 0 Å². The molecule has 0 unspecified atom stereocenters. The van der Waals surface area contributed by atoms with Crippen molar-refractivity contribution in [1.29, 1.82) is 5.26 Å². The average molecular weight is 271 g/mol. The molecule has 2 aromatic rings. The molecule has 0 amide bonds. The maximum Gasteiger partial charge on any atom is 0.287 e. The second-order valence-corrected chi connectivity index (χ2v) is 4.26. The molecule has 7 nitrogen and oxygen atoms in total. The first-order valence-corrected chi connectivity index (χ1v) is 5.99. The van der Waals surface area contributed by atoms with Crippen LogP contribution < -0.4 is 4.90 Å². The maximum absolute atomic E-state index is 10.8. The Labute approximate surface area is 115 Å². The first-order valence-electron chi connectivity index (χ1n) is 5.99. The Morgan fingerprint density at radius 1 is 1.55 bits per heavy atom. The molecule has 0 saturated heterocycles. The van der Waals surface area contributed by atoms with E-state index in [4.69, 9.17) is 5.26 Å². The largest absolute Gasteiger partial charge is 0.373 e. The number of likely N-dealkylation sites (N-methyl/N-ethyl adjacent to an activating group) is 1. The maximum atomic E-state index is 10.8. The highest BCUT2D eigenvalue weighted by molar-refractivity contribution is 5.59. The number of hydrogen-bond acceptors (Lipinski definition) is 5. The van der Waals surface area contributed by atoms with Crippen molar-refractivity contribution in [3.05, 3.63) is 52.3 Å². The third-order valence-electron chi connectivity index (χ3n) is 2.96. The molecule has 0 radical (unpaired) electrons. The zero-order valence-corrected chi connectivity index (χ0v) is 10.9. The molecule has 1 aromatic carbocycles. The number of hydrogen-bond donors (Lipinski definition) is 0. The fraction of sp³-hybridized carbons (Fsp3) is 0.231. The first kappa shape index (κ1) is 13.5. The Bertz CT molecular complexity index is 645. The number of aromatic nitrogens is 2. The summed E-state index contributed by atoms with van der Waals surface area (Å²) in [4.78, 5) is 12.1. The second kappa shape index (κ2) is 5.84. The van der Waals surface area contributed by atoms with Gasteiger partial charge in [-0.2, -0.15) is 10.4 Å². The Morgan fingerprint density at radius 3 is 2.95 bits per heavy atom. The summed E-state index contributed by atoms with van der Waals surface area (Å²) in [6, 6.07) is 8.23. The predicted molar refractivity (Wildman–Crippen MR) is 73.3 cm³/mol. The van der Waals surface area contributed by atoms with E-state index in [-0.39, 0.29) is 11.3 Å². The minimum absolute atomic E-state index is 0.0680. The highest BCUT2D eigenvalue weighted by Gasteiger charge is 2.15. The molecule has 0 aliphatic carbocycles. The molecule has 0 fully saturated rings. The molecule has 102 valence electrons. The quantitative estimate of drug-likeness (QED) is 0.611. The van der Waals surface area contributed by atoms with E-state index in [9.17, 15) is 10.1 Å². The van der Waals surface area contributed by atoms with Crippen LogP contribution in [0.25, 0.3) is 0 Å². The van der Waals surface area contributed by atoms with Gasteiger partial charge in [0.05, 0.1) is 11.5 Å². The minimum atomic E-state index is -0.550. The summed E-state index contributed by atoms with van der Waals surface area (Å²) in [6.07, 6.45) is 3.57. The van der Waals surface area contributed by atoms with E-state index in [2.05, 4.69) is 5.10 Å². The molecular weight excluding hydrogens is 258 g/mol. The van der Waals surface area contributed by atoms with E-state index in [0.717, 1.165) is 5.69 Å². The van der Waals surface area contributed by atoms with Gasteiger partial charge in [-0.3, -0.25) is 14.8 Å². The van der Waals surface area contributed by atoms with Crippen LogP contribution in [0, 0.1) is 21.4 Å². The van der Waals surface area contributed by atoms with Gasteiger partial charge >= 0.3 is 0 Å². The summed E-state index contributed by atoms with van der Waals surface area (Å²) in [5, 5.41) is 23.8. The van der Waals surface area contributed by atoms with Gasteiger partial charge in [-0.25, -0.2) is 0 Å². The van der Waals surface area contributed by atoms with E-state index in [1.807, 2.05) is 30.3 Å². The molecule has 0 saturated carbocycles. The van der Waals surface area contributed by atoms with Crippen LogP contribution in [0.2, 0.25) is 0 Å². The van der Waals surface area contributed by atoms with Crippen LogP contribution in [0.1, 0.15) is 5.56 Å². The third-order valence-corrected chi connectivity index (χ3v) is 2.96. The highest BCUT2D eigenvalue weighted by Crippen LogP contribution is 2.23. The fourth-order valence-corrected chi connectivity index (χ4v) is 1.82. The van der Waals surface area contributed by atoms with Gasteiger partial charge in [-0.1, -0.05) is 0 Å². The standard InChI is InChI=1S/C13H13N5O2/c1-16(7-8-17-6-2-5-15-17)12-3-4-13(18(19)20)11(9-12)10-14/h2-6,9H,7-8H2,1H3. The number of nitro groups is 1. The van der Waals surface area contributed by atoms with Gasteiger partial charge in [0.1, 0.15) is 11.6 Å². The molecule has 7 heteroatoms. The smallest absolute Gasteiger partial charge is 0.287 e. The van der Waals surface area contributed by atoms with E-state index >= 15 is 0 Å². The van der Waals surface area contributed by atoms with Crippen LogP contribution in [0.3, 0.4) is 0 Å². The van der Waals surface area contributed by atoms with E-state index in [0.29, 0.717) is 13.1 Å². The molecule has 0 aliphatic rings. The minimum Gasteiger partial charge on any atom is -0.373 e. The zero-order chi connectivity index (χ0) is 14.5. The third kappa shape index (κ3) is 2.92. The molecule has 0 bridgehead atoms. The topological polar surface area (TPSA) is 88.0 Å². The number of anilines is 1. The van der Waals surface area contributed by atoms with Gasteiger partial charge in [-0.05, 0) is 18.2 Å². The van der Waals surface area contributed by atoms with Crippen molar-refractivity contribution in [1.82, 2.24) is 9.78 Å². The number of nitrogens with zero attached hydrogens (tertiary/aromatic N) is 5. The molecule has 0 N–H and O–H groups in total. The molecule has 2 rings (SSSR count). The van der Waals surface area contributed by atoms with Crippen LogP contribution >= 0.6 is 0 Å². The van der Waals surface area contributed by atoms with Crippen LogP contribution in [-0.2, 0) is 6.54 Å². The van der Waals surface area contributed by atoms with E-state index < -0.39 is 4.92 Å². The average Bonchev–Trinajstić information content (AvgIpc) is 2.97. The normalized spacial score (nSPS) is 10.0. The van der Waals surface area contributed by atoms with Gasteiger partial charge in [0.25, 0.3) is 5.69 Å². The predicted octanol–water partition coefficient (Wildman–Crippen LogP) is 1.80. The summed E-state index contributed by atoms with van der Waals surface area (Å²) >= 11 is 0. The molecule has 0 atom stereocenters. The van der Waals surface area contributed by atoms with Crippen molar-refractivity contribution < 1.29 is 4.92 Å². The molecule has 20 heavy (non-hydrogen) atoms. The molecule has 0 spiro atoms. The molecule has 0 aliphatic heterocycles. The number of benzene rings is 1. The van der Waals surface area contributed by atoms with Gasteiger partial charge in [0, 0.05) is 37.7 Å². The van der Waals surface area contributed by atoms with Crippen LogP contribution in [-0.4, -0.2) is 28.3 Å². The molecular formula is C13H13N5O2. The van der Waals surface area contributed by atoms with Crippen LogP contribution in [0.5, 0.6) is 0 Å². The monoisotopic (exact) mass is 271 g/mol. The van der Waals surface area contributed by atoms with Gasteiger partial charge < -0.3 is 4.90 Å². The Balaban J connectivity index is 2.12. The highest BCUT2D eigenvalue weighted by atomic mass is 16.6. The SMILES string of the molecule is CN(CCn1cccn1)c1ccc([N+](=O)[O-])c(C#N)c1. The van der Waals surface area contributed by atoms with Crippen LogP contribution in [0.15, 0.2) is 36.7 Å². The number of rotatable bonds is 5. The van der Waals surface area contributed by atoms with Crippen molar-refractivity contribution in [2.24, 2.45) is 0 Å². The lowest BCUT2D eigenvalue weighted by Gasteiger charge is -2.19. The fourth-order valence-electron chi connectivity index (χ4n) is 1.82. The van der Waals surface area contributed by atoms with Crippen molar-refractivity contribution in [2.45, 2.75) is 6.54 Å². The van der Waals surface area contributed by atoms with Gasteiger partial charge in [0.2, 0.25) is 0 Å². The summed E-state index contributed by atoms with van der Waals surface area (Å²) < 4.78 is 1.80. The van der Waals surface area contributed by atoms with Crippen LogP contribution in [0.4, 0.5) is 11.4 Å². The number of nitriles is 1. The van der Waals surface area contributed by atoms with Gasteiger partial charge in [-0.15, -0.1) is 0 Å². The van der Waals surface area contributed by atoms with Crippen molar-refractivity contribution in [2.75, 3.05) is 18.5 Å². The molecule has 1 heterocycles. The zero-order valence-electron chi connectivity index (χ0n) is 10.9. The van der Waals surface area contributed by atoms with Crippen molar-refractivity contribution >= 4 is 11.4 Å². The van der Waals surface area contributed by atoms with Crippen molar-refractivity contribution in [3.63, 3.8) is 0 Å². The Morgan fingerprint density at radius 2 is 2.35 bits per heavy atom. The molecule has 1 aromatic heterocycles. The van der Waals surface area contributed by atoms with E-state index in [1.165, 1.54) is 12.1 Å². The summed E-state index contributed by atoms with van der Waals surface area (Å²) in [5.41, 5.74) is 0.662. The summed E-state index contributed by atoms with van der Waals surface area (Å²) in [7, 11) is 1.87. The Kier molecular flexibility index (Phi) is 3.96. The van der Waals surface area contributed by atoms with E-state index in [1.54, 1.807) is 16.9 Å². The lowest BCUT2D eigenvalue weighted by atomic mass is 10.1. The Hall–Kier alpha value is -2.88. The summed E-state index contributed by atoms with van der Waals surface area (Å²) in [6.45, 7) is 1.38. The first-order chi connectivity index (χ1) is 9.61. The second-order valence-electron chi connectivity index (χ2n) is 4.26. The van der Waals surface area contributed by atoms with Crippen molar-refractivity contribution in [3.8, 4) is 6.07 Å².